The first kappa shape index (κ1) is 15.2. The van der Waals surface area contributed by atoms with Crippen LogP contribution in [0, 0.1) is 12.3 Å². The summed E-state index contributed by atoms with van der Waals surface area (Å²) in [6.07, 6.45) is 0.639. The minimum atomic E-state index is -1.77. The SMILES string of the molecule is Cc1ccc(C(=O)[C@]2(C(=O)O)[C@@H](O)C[C@@H]3CC[C@H]2N3C)cc1. The van der Waals surface area contributed by atoms with Crippen LogP contribution in [0.25, 0.3) is 0 Å². The Morgan fingerprint density at radius 3 is 2.45 bits per heavy atom. The number of hydrogen-bond donors (Lipinski definition) is 2. The molecular formula is C17H21NO4. The van der Waals surface area contributed by atoms with E-state index in [0.717, 1.165) is 12.0 Å². The van der Waals surface area contributed by atoms with Crippen molar-refractivity contribution < 1.29 is 19.8 Å². The van der Waals surface area contributed by atoms with Gasteiger partial charge in [-0.3, -0.25) is 14.5 Å². The van der Waals surface area contributed by atoms with Crippen LogP contribution in [-0.2, 0) is 4.79 Å². The monoisotopic (exact) mass is 303 g/mol. The van der Waals surface area contributed by atoms with Gasteiger partial charge >= 0.3 is 5.97 Å². The third kappa shape index (κ3) is 1.92. The summed E-state index contributed by atoms with van der Waals surface area (Å²) in [7, 11) is 1.86. The number of ketones is 1. The summed E-state index contributed by atoms with van der Waals surface area (Å²) in [5.41, 5.74) is -0.411. The van der Waals surface area contributed by atoms with E-state index in [9.17, 15) is 19.8 Å². The van der Waals surface area contributed by atoms with E-state index >= 15 is 0 Å². The van der Waals surface area contributed by atoms with Gasteiger partial charge in [0.05, 0.1) is 6.10 Å². The summed E-state index contributed by atoms with van der Waals surface area (Å²) in [5, 5.41) is 20.4. The first-order valence-corrected chi connectivity index (χ1v) is 7.64. The number of carbonyl (C=O) groups is 2. The van der Waals surface area contributed by atoms with Crippen molar-refractivity contribution in [3.8, 4) is 0 Å². The lowest BCUT2D eigenvalue weighted by Gasteiger charge is -2.46. The highest BCUT2D eigenvalue weighted by molar-refractivity contribution is 6.13. The quantitative estimate of drug-likeness (QED) is 0.653. The molecule has 0 aromatic heterocycles. The van der Waals surface area contributed by atoms with Crippen LogP contribution < -0.4 is 0 Å². The molecule has 4 atom stereocenters. The average Bonchev–Trinajstić information content (AvgIpc) is 2.74. The van der Waals surface area contributed by atoms with Gasteiger partial charge in [0, 0.05) is 17.6 Å². The van der Waals surface area contributed by atoms with Crippen LogP contribution >= 0.6 is 0 Å². The number of piperidine rings is 1. The lowest BCUT2D eigenvalue weighted by Crippen LogP contribution is -2.64. The molecule has 2 N–H and O–H groups in total. The van der Waals surface area contributed by atoms with Crippen molar-refractivity contribution in [1.29, 1.82) is 0 Å². The smallest absolute Gasteiger partial charge is 0.321 e. The molecule has 22 heavy (non-hydrogen) atoms. The number of hydrogen-bond acceptors (Lipinski definition) is 4. The van der Waals surface area contributed by atoms with Gasteiger partial charge in [0.2, 0.25) is 0 Å². The fourth-order valence-electron chi connectivity index (χ4n) is 4.14. The number of carbonyl (C=O) groups excluding carboxylic acids is 1. The number of Topliss-reactive ketones (excluding diaryl/α,β-unsaturated/α-hetero) is 1. The molecule has 2 heterocycles. The molecule has 1 aromatic rings. The molecule has 0 saturated carbocycles. The van der Waals surface area contributed by atoms with Gasteiger partial charge in [0.25, 0.3) is 0 Å². The molecule has 5 heteroatoms. The van der Waals surface area contributed by atoms with Gasteiger partial charge in [-0.15, -0.1) is 0 Å². The topological polar surface area (TPSA) is 77.8 Å². The summed E-state index contributed by atoms with van der Waals surface area (Å²) < 4.78 is 0. The van der Waals surface area contributed by atoms with Crippen LogP contribution in [0.2, 0.25) is 0 Å². The Bertz CT molecular complexity index is 612. The maximum absolute atomic E-state index is 13.1. The predicted molar refractivity (Wildman–Crippen MR) is 80.8 cm³/mol. The van der Waals surface area contributed by atoms with Crippen LogP contribution in [-0.4, -0.2) is 52.1 Å². The van der Waals surface area contributed by atoms with Crippen molar-refractivity contribution in [2.24, 2.45) is 5.41 Å². The number of aliphatic hydroxyl groups is 1. The van der Waals surface area contributed by atoms with Crippen molar-refractivity contribution in [3.63, 3.8) is 0 Å². The van der Waals surface area contributed by atoms with Crippen LogP contribution in [0.15, 0.2) is 24.3 Å². The zero-order valence-corrected chi connectivity index (χ0v) is 12.8. The molecule has 0 radical (unpaired) electrons. The number of fused-ring (bicyclic) bond motifs is 2. The summed E-state index contributed by atoms with van der Waals surface area (Å²) in [4.78, 5) is 27.1. The zero-order valence-electron chi connectivity index (χ0n) is 12.8. The highest BCUT2D eigenvalue weighted by atomic mass is 16.4. The second kappa shape index (κ2) is 5.18. The Kier molecular flexibility index (Phi) is 3.57. The third-order valence-electron chi connectivity index (χ3n) is 5.43. The maximum atomic E-state index is 13.1. The first-order chi connectivity index (χ1) is 10.4. The molecule has 0 aliphatic carbocycles. The van der Waals surface area contributed by atoms with E-state index in [1.54, 1.807) is 24.3 Å². The maximum Gasteiger partial charge on any atom is 0.321 e. The van der Waals surface area contributed by atoms with E-state index in [1.165, 1.54) is 0 Å². The molecule has 3 rings (SSSR count). The van der Waals surface area contributed by atoms with Gasteiger partial charge in [-0.05, 0) is 33.2 Å². The van der Waals surface area contributed by atoms with Gasteiger partial charge in [-0.1, -0.05) is 29.8 Å². The Morgan fingerprint density at radius 2 is 1.86 bits per heavy atom. The lowest BCUT2D eigenvalue weighted by molar-refractivity contribution is -0.161. The molecular weight excluding hydrogens is 282 g/mol. The van der Waals surface area contributed by atoms with Gasteiger partial charge in [0.1, 0.15) is 0 Å². The second-order valence-electron chi connectivity index (χ2n) is 6.53. The number of carboxylic acid groups (broad SMARTS) is 1. The fourth-order valence-corrected chi connectivity index (χ4v) is 4.14. The minimum Gasteiger partial charge on any atom is -0.480 e. The van der Waals surface area contributed by atoms with E-state index in [-0.39, 0.29) is 6.04 Å². The fraction of sp³-hybridized carbons (Fsp3) is 0.529. The van der Waals surface area contributed by atoms with Crippen molar-refractivity contribution >= 4 is 11.8 Å². The number of nitrogens with zero attached hydrogens (tertiary/aromatic N) is 1. The Morgan fingerprint density at radius 1 is 1.23 bits per heavy atom. The molecule has 1 aromatic carbocycles. The summed E-state index contributed by atoms with van der Waals surface area (Å²) >= 11 is 0. The molecule has 2 aliphatic heterocycles. The molecule has 5 nitrogen and oxygen atoms in total. The van der Waals surface area contributed by atoms with Gasteiger partial charge in [-0.25, -0.2) is 0 Å². The van der Waals surface area contributed by atoms with E-state index < -0.39 is 29.3 Å². The van der Waals surface area contributed by atoms with Gasteiger partial charge in [-0.2, -0.15) is 0 Å². The van der Waals surface area contributed by atoms with Crippen LogP contribution in [0.5, 0.6) is 0 Å². The number of aliphatic hydroxyl groups excluding tert-OH is 1. The molecule has 118 valence electrons. The van der Waals surface area contributed by atoms with Crippen molar-refractivity contribution in [2.45, 2.75) is 44.4 Å². The Balaban J connectivity index is 2.10. The molecule has 2 saturated heterocycles. The molecule has 2 bridgehead atoms. The summed E-state index contributed by atoms with van der Waals surface area (Å²) in [5.74, 6) is -1.70. The summed E-state index contributed by atoms with van der Waals surface area (Å²) in [6, 6.07) is 6.59. The highest BCUT2D eigenvalue weighted by Crippen LogP contribution is 2.48. The van der Waals surface area contributed by atoms with Gasteiger partial charge in [0.15, 0.2) is 11.2 Å². The highest BCUT2D eigenvalue weighted by Gasteiger charge is 2.64. The molecule has 0 spiro atoms. The minimum absolute atomic E-state index is 0.165. The van der Waals surface area contributed by atoms with Crippen LogP contribution in [0.4, 0.5) is 0 Å². The van der Waals surface area contributed by atoms with Crippen molar-refractivity contribution in [2.75, 3.05) is 7.05 Å². The molecule has 0 amide bonds. The average molecular weight is 303 g/mol. The molecule has 2 aliphatic rings. The number of aryl methyl sites for hydroxylation is 1. The Hall–Kier alpha value is -1.72. The van der Waals surface area contributed by atoms with E-state index in [0.29, 0.717) is 18.4 Å². The third-order valence-corrected chi connectivity index (χ3v) is 5.43. The lowest BCUT2D eigenvalue weighted by atomic mass is 9.67. The van der Waals surface area contributed by atoms with Gasteiger partial charge < -0.3 is 10.2 Å². The standard InChI is InChI=1S/C17H21NO4/c1-10-3-5-11(6-4-10)15(20)17(16(21)22)13-8-7-12(18(13)2)9-14(17)19/h3-6,12-14,19H,7-9H2,1-2H3,(H,21,22)/t12-,13+,14-,17+/m0/s1. The largest absolute Gasteiger partial charge is 0.480 e. The van der Waals surface area contributed by atoms with Crippen molar-refractivity contribution in [3.05, 3.63) is 35.4 Å². The number of benzene rings is 1. The molecule has 2 fully saturated rings. The number of carboxylic acids is 1. The predicted octanol–water partition coefficient (Wildman–Crippen LogP) is 1.48. The van der Waals surface area contributed by atoms with Crippen LogP contribution in [0.1, 0.15) is 35.2 Å². The first-order valence-electron chi connectivity index (χ1n) is 7.64. The summed E-state index contributed by atoms with van der Waals surface area (Å²) in [6.45, 7) is 1.91. The molecule has 0 unspecified atom stereocenters. The van der Waals surface area contributed by atoms with E-state index in [2.05, 4.69) is 0 Å². The zero-order chi connectivity index (χ0) is 16.1. The van der Waals surface area contributed by atoms with E-state index in [4.69, 9.17) is 0 Å². The van der Waals surface area contributed by atoms with E-state index in [1.807, 2.05) is 18.9 Å². The number of aliphatic carboxylic acids is 1. The van der Waals surface area contributed by atoms with Crippen molar-refractivity contribution in [1.82, 2.24) is 4.90 Å². The Labute approximate surface area is 129 Å². The number of rotatable bonds is 3. The van der Waals surface area contributed by atoms with Crippen LogP contribution in [0.3, 0.4) is 0 Å². The normalized spacial score (nSPS) is 34.6. The second-order valence-corrected chi connectivity index (χ2v) is 6.53.